The normalized spacial score (nSPS) is 23.8. The van der Waals surface area contributed by atoms with Crippen molar-refractivity contribution in [1.29, 1.82) is 0 Å². The van der Waals surface area contributed by atoms with Crippen molar-refractivity contribution in [2.75, 3.05) is 18.0 Å². The van der Waals surface area contributed by atoms with E-state index in [0.29, 0.717) is 16.9 Å². The molecule has 4 heteroatoms. The van der Waals surface area contributed by atoms with Crippen molar-refractivity contribution < 1.29 is 0 Å². The lowest BCUT2D eigenvalue weighted by molar-refractivity contribution is 0.357. The summed E-state index contributed by atoms with van der Waals surface area (Å²) in [6.45, 7) is 6.79. The van der Waals surface area contributed by atoms with Gasteiger partial charge in [0.2, 0.25) is 0 Å². The molecule has 19 heavy (non-hydrogen) atoms. The second-order valence-corrected chi connectivity index (χ2v) is 6.12. The highest BCUT2D eigenvalue weighted by Gasteiger charge is 2.23. The van der Waals surface area contributed by atoms with Gasteiger partial charge in [-0.25, -0.2) is 0 Å². The molecule has 1 fully saturated rings. The fourth-order valence-corrected chi connectivity index (χ4v) is 3.36. The third kappa shape index (κ3) is 2.39. The van der Waals surface area contributed by atoms with Gasteiger partial charge in [-0.3, -0.25) is 0 Å². The molecule has 0 saturated carbocycles. The topological polar surface area (TPSA) is 29.0 Å². The van der Waals surface area contributed by atoms with Gasteiger partial charge in [0, 0.05) is 18.5 Å². The van der Waals surface area contributed by atoms with Crippen LogP contribution in [0.1, 0.15) is 20.3 Å². The van der Waals surface area contributed by atoms with Crippen molar-refractivity contribution in [1.82, 2.24) is 10.2 Å². The first-order chi connectivity index (χ1) is 9.15. The van der Waals surface area contributed by atoms with Gasteiger partial charge < -0.3 is 4.90 Å². The van der Waals surface area contributed by atoms with Gasteiger partial charge in [-0.1, -0.05) is 37.6 Å². The number of piperidine rings is 1. The van der Waals surface area contributed by atoms with Crippen molar-refractivity contribution in [2.24, 2.45) is 11.8 Å². The van der Waals surface area contributed by atoms with Gasteiger partial charge in [-0.05, 0) is 24.3 Å². The Labute approximate surface area is 118 Å². The second kappa shape index (κ2) is 4.97. The Kier molecular flexibility index (Phi) is 3.31. The first-order valence-electron chi connectivity index (χ1n) is 6.80. The molecule has 3 rings (SSSR count). The molecule has 0 N–H and O–H groups in total. The van der Waals surface area contributed by atoms with Crippen LogP contribution in [0.25, 0.3) is 10.9 Å². The molecule has 0 radical (unpaired) electrons. The fourth-order valence-electron chi connectivity index (χ4n) is 3.15. The number of halogens is 1. The Morgan fingerprint density at radius 1 is 1.21 bits per heavy atom. The highest BCUT2D eigenvalue weighted by molar-refractivity contribution is 6.35. The van der Waals surface area contributed by atoms with E-state index >= 15 is 0 Å². The molecule has 0 bridgehead atoms. The van der Waals surface area contributed by atoms with Crippen LogP contribution in [0.4, 0.5) is 5.69 Å². The van der Waals surface area contributed by atoms with Crippen molar-refractivity contribution in [2.45, 2.75) is 20.3 Å². The minimum Gasteiger partial charge on any atom is -0.369 e. The number of nitrogens with zero attached hydrogens (tertiary/aromatic N) is 3. The summed E-state index contributed by atoms with van der Waals surface area (Å²) in [7, 11) is 0. The van der Waals surface area contributed by atoms with Gasteiger partial charge >= 0.3 is 0 Å². The van der Waals surface area contributed by atoms with E-state index in [2.05, 4.69) is 35.0 Å². The summed E-state index contributed by atoms with van der Waals surface area (Å²) in [6.07, 6.45) is 3.16. The molecule has 2 aromatic rings. The number of rotatable bonds is 1. The highest BCUT2D eigenvalue weighted by Crippen LogP contribution is 2.32. The summed E-state index contributed by atoms with van der Waals surface area (Å²) in [5.41, 5.74) is 1.96. The van der Waals surface area contributed by atoms with E-state index < -0.39 is 0 Å². The molecule has 0 spiro atoms. The zero-order chi connectivity index (χ0) is 13.4. The van der Waals surface area contributed by atoms with E-state index in [9.17, 15) is 0 Å². The molecule has 1 saturated heterocycles. The average Bonchev–Trinajstić information content (AvgIpc) is 2.37. The number of fused-ring (bicyclic) bond motifs is 1. The predicted molar refractivity (Wildman–Crippen MR) is 79.7 cm³/mol. The Morgan fingerprint density at radius 2 is 1.95 bits per heavy atom. The summed E-state index contributed by atoms with van der Waals surface area (Å²) < 4.78 is 0. The molecule has 100 valence electrons. The maximum absolute atomic E-state index is 6.20. The highest BCUT2D eigenvalue weighted by atomic mass is 35.5. The SMILES string of the molecule is CC1CC(C)CN(c2cnnc3c(Cl)cccc23)C1. The fraction of sp³-hybridized carbons (Fsp3) is 0.467. The third-order valence-corrected chi connectivity index (χ3v) is 4.12. The standard InChI is InChI=1S/C15H18ClN3/c1-10-6-11(2)9-19(8-10)14-7-17-18-15-12(14)4-3-5-13(15)16/h3-5,7,10-11H,6,8-9H2,1-2H3. The zero-order valence-corrected chi connectivity index (χ0v) is 12.1. The molecule has 3 nitrogen and oxygen atoms in total. The number of benzene rings is 1. The minimum atomic E-state index is 0.671. The van der Waals surface area contributed by atoms with Gasteiger partial charge in [-0.15, -0.1) is 5.10 Å². The first kappa shape index (κ1) is 12.7. The molecule has 2 atom stereocenters. The molecule has 1 aromatic heterocycles. The molecule has 2 unspecified atom stereocenters. The second-order valence-electron chi connectivity index (χ2n) is 5.72. The van der Waals surface area contributed by atoms with Crippen molar-refractivity contribution in [3.05, 3.63) is 29.4 Å². The summed E-state index contributed by atoms with van der Waals surface area (Å²) in [5, 5.41) is 10.1. The number of anilines is 1. The summed E-state index contributed by atoms with van der Waals surface area (Å²) in [6, 6.07) is 5.92. The summed E-state index contributed by atoms with van der Waals surface area (Å²) in [4.78, 5) is 2.42. The van der Waals surface area contributed by atoms with Crippen LogP contribution < -0.4 is 4.90 Å². The largest absolute Gasteiger partial charge is 0.369 e. The molecular formula is C15H18ClN3. The van der Waals surface area contributed by atoms with Crippen molar-refractivity contribution in [3.8, 4) is 0 Å². The van der Waals surface area contributed by atoms with Crippen LogP contribution in [0.2, 0.25) is 5.02 Å². The van der Waals surface area contributed by atoms with E-state index in [1.54, 1.807) is 0 Å². The number of aromatic nitrogens is 2. The molecule has 1 aliphatic rings. The Hall–Kier alpha value is -1.35. The van der Waals surface area contributed by atoms with Gasteiger partial charge in [-0.2, -0.15) is 5.10 Å². The summed E-state index contributed by atoms with van der Waals surface area (Å²) in [5.74, 6) is 1.43. The van der Waals surface area contributed by atoms with Crippen LogP contribution >= 0.6 is 11.6 Å². The van der Waals surface area contributed by atoms with E-state index in [1.165, 1.54) is 6.42 Å². The average molecular weight is 276 g/mol. The van der Waals surface area contributed by atoms with Crippen LogP contribution in [0.15, 0.2) is 24.4 Å². The molecule has 1 aliphatic heterocycles. The molecule has 0 aliphatic carbocycles. The lowest BCUT2D eigenvalue weighted by atomic mass is 9.91. The number of hydrogen-bond donors (Lipinski definition) is 0. The van der Waals surface area contributed by atoms with Gasteiger partial charge in [0.1, 0.15) is 5.52 Å². The van der Waals surface area contributed by atoms with Gasteiger partial charge in [0.25, 0.3) is 0 Å². The summed E-state index contributed by atoms with van der Waals surface area (Å²) >= 11 is 6.20. The third-order valence-electron chi connectivity index (χ3n) is 3.81. The Bertz CT molecular complexity index is 589. The van der Waals surface area contributed by atoms with E-state index in [4.69, 9.17) is 11.6 Å². The number of hydrogen-bond acceptors (Lipinski definition) is 3. The van der Waals surface area contributed by atoms with Crippen LogP contribution in [-0.2, 0) is 0 Å². The monoisotopic (exact) mass is 275 g/mol. The molecule has 0 amide bonds. The van der Waals surface area contributed by atoms with Gasteiger partial charge in [0.15, 0.2) is 0 Å². The van der Waals surface area contributed by atoms with Crippen LogP contribution in [0.5, 0.6) is 0 Å². The maximum atomic E-state index is 6.20. The van der Waals surface area contributed by atoms with E-state index in [1.807, 2.05) is 18.3 Å². The Balaban J connectivity index is 2.07. The predicted octanol–water partition coefficient (Wildman–Crippen LogP) is 3.77. The zero-order valence-electron chi connectivity index (χ0n) is 11.3. The van der Waals surface area contributed by atoms with Crippen molar-refractivity contribution >= 4 is 28.2 Å². The first-order valence-corrected chi connectivity index (χ1v) is 7.18. The van der Waals surface area contributed by atoms with E-state index in [0.717, 1.165) is 29.7 Å². The maximum Gasteiger partial charge on any atom is 0.114 e. The lowest BCUT2D eigenvalue weighted by Crippen LogP contribution is -2.38. The molecular weight excluding hydrogens is 258 g/mol. The van der Waals surface area contributed by atoms with E-state index in [-0.39, 0.29) is 0 Å². The van der Waals surface area contributed by atoms with Crippen LogP contribution in [0, 0.1) is 11.8 Å². The van der Waals surface area contributed by atoms with Crippen molar-refractivity contribution in [3.63, 3.8) is 0 Å². The van der Waals surface area contributed by atoms with Gasteiger partial charge in [0.05, 0.1) is 16.9 Å². The molecule has 2 heterocycles. The molecule has 1 aromatic carbocycles. The lowest BCUT2D eigenvalue weighted by Gasteiger charge is -2.36. The van der Waals surface area contributed by atoms with Crippen LogP contribution in [-0.4, -0.2) is 23.3 Å². The quantitative estimate of drug-likeness (QED) is 0.793. The smallest absolute Gasteiger partial charge is 0.114 e. The Morgan fingerprint density at radius 3 is 2.68 bits per heavy atom. The minimum absolute atomic E-state index is 0.671. The van der Waals surface area contributed by atoms with Crippen LogP contribution in [0.3, 0.4) is 0 Å².